The van der Waals surface area contributed by atoms with E-state index in [1.165, 1.54) is 31.1 Å². The largest absolute Gasteiger partial charge is 0.480 e. The van der Waals surface area contributed by atoms with E-state index in [0.717, 1.165) is 18.4 Å². The van der Waals surface area contributed by atoms with E-state index in [4.69, 9.17) is 25.7 Å². The van der Waals surface area contributed by atoms with Crippen LogP contribution in [0.1, 0.15) is 138 Å². The van der Waals surface area contributed by atoms with Crippen LogP contribution in [-0.2, 0) is 65.6 Å². The van der Waals surface area contributed by atoms with Crippen LogP contribution in [0.3, 0.4) is 0 Å². The van der Waals surface area contributed by atoms with Gasteiger partial charge in [-0.2, -0.15) is 0 Å². The smallest absolute Gasteiger partial charge is 0.410 e. The number of likely N-dealkylation sites (tertiary alicyclic amines) is 1. The second kappa shape index (κ2) is 38.2. The van der Waals surface area contributed by atoms with E-state index in [9.17, 15) is 53.1 Å². The number of nitrogens with one attached hydrogen (secondary N) is 6. The highest BCUT2D eigenvalue weighted by Gasteiger charge is 2.44. The van der Waals surface area contributed by atoms with E-state index in [1.807, 2.05) is 19.9 Å². The molecule has 11 atom stereocenters. The Morgan fingerprint density at radius 3 is 1.91 bits per heavy atom. The molecule has 1 saturated heterocycles. The molecule has 498 valence electrons. The van der Waals surface area contributed by atoms with Gasteiger partial charge in [-0.15, -0.1) is 0 Å². The number of carboxylic acids is 1. The second-order valence-electron chi connectivity index (χ2n) is 24.3. The molecule has 0 saturated carbocycles. The summed E-state index contributed by atoms with van der Waals surface area (Å²) < 4.78 is 17.7. The van der Waals surface area contributed by atoms with Gasteiger partial charge in [0.15, 0.2) is 0 Å². The second-order valence-corrected chi connectivity index (χ2v) is 24.3. The Hall–Kier alpha value is -7.38. The quantitative estimate of drug-likeness (QED) is 0.0412. The lowest BCUT2D eigenvalue weighted by Gasteiger charge is -2.41. The maximum atomic E-state index is 14.8. The summed E-state index contributed by atoms with van der Waals surface area (Å²) in [4.78, 5) is 139. The van der Waals surface area contributed by atoms with Crippen LogP contribution in [0.15, 0.2) is 54.6 Å². The van der Waals surface area contributed by atoms with Gasteiger partial charge >= 0.3 is 18.1 Å². The van der Waals surface area contributed by atoms with Gasteiger partial charge in [-0.1, -0.05) is 118 Å². The van der Waals surface area contributed by atoms with Crippen molar-refractivity contribution in [3.63, 3.8) is 0 Å². The van der Waals surface area contributed by atoms with Crippen molar-refractivity contribution in [1.29, 1.82) is 0 Å². The molecule has 89 heavy (non-hydrogen) atoms. The van der Waals surface area contributed by atoms with Crippen LogP contribution in [0.25, 0.3) is 0 Å². The van der Waals surface area contributed by atoms with Crippen LogP contribution in [0.2, 0.25) is 0 Å². The van der Waals surface area contributed by atoms with Crippen LogP contribution in [0, 0.1) is 29.6 Å². The van der Waals surface area contributed by atoms with E-state index in [2.05, 4.69) is 31.9 Å². The SMILES string of the molecule is CC[C@H](C)[C@@H]([C@@H](CC(=O)N1CCC[C@H]1[C@H](OC)[C@@H](C)C(=O)N[C@@H](Cc1ccccc1)C(=O)O)OC)N(C)C(=O)[C@@H](NC(=O)[C@H](C(C)C)N(C)C(=O)OCc1ccc(NC(=O)[C@H](CCCNC(N)=O)NC(=O)[C@@H](NC(=O)CCCCCN)C(C)C)cc1)C(C)C. The first-order chi connectivity index (χ1) is 42.1. The number of anilines is 1. The summed E-state index contributed by atoms with van der Waals surface area (Å²) >= 11 is 0. The Morgan fingerprint density at radius 1 is 0.708 bits per heavy atom. The summed E-state index contributed by atoms with van der Waals surface area (Å²) in [6.45, 7) is 17.1. The Kier molecular flexibility index (Phi) is 32.6. The molecule has 1 aliphatic heterocycles. The molecule has 11 N–H and O–H groups in total. The normalized spacial score (nSPS) is 16.5. The van der Waals surface area contributed by atoms with Gasteiger partial charge in [0.25, 0.3) is 0 Å². The number of hydrogen-bond donors (Lipinski definition) is 9. The minimum absolute atomic E-state index is 0.0809. The summed E-state index contributed by atoms with van der Waals surface area (Å²) in [5.74, 6) is -6.62. The van der Waals surface area contributed by atoms with Crippen molar-refractivity contribution in [2.45, 2.75) is 194 Å². The number of hydrogen-bond acceptors (Lipinski definition) is 14. The van der Waals surface area contributed by atoms with E-state index in [-0.39, 0.29) is 68.9 Å². The van der Waals surface area contributed by atoms with E-state index in [0.29, 0.717) is 50.0 Å². The molecule has 2 aromatic carbocycles. The fourth-order valence-electron chi connectivity index (χ4n) is 11.3. The zero-order chi connectivity index (χ0) is 66.7. The number of amides is 10. The topological polar surface area (TPSA) is 353 Å². The maximum absolute atomic E-state index is 14.8. The van der Waals surface area contributed by atoms with Crippen LogP contribution in [0.4, 0.5) is 15.3 Å². The zero-order valence-corrected chi connectivity index (χ0v) is 54.6. The molecule has 0 radical (unpaired) electrons. The average Bonchev–Trinajstić information content (AvgIpc) is 2.09. The van der Waals surface area contributed by atoms with Gasteiger partial charge in [-0.3, -0.25) is 38.5 Å². The van der Waals surface area contributed by atoms with Gasteiger partial charge in [0.2, 0.25) is 41.4 Å². The lowest BCUT2D eigenvalue weighted by Crippen LogP contribution is -2.60. The first-order valence-electron chi connectivity index (χ1n) is 31.2. The number of nitrogens with two attached hydrogens (primary N) is 2. The number of rotatable bonds is 38. The number of unbranched alkanes of at least 4 members (excludes halogenated alkanes) is 2. The number of likely N-dealkylation sites (N-methyl/N-ethyl adjacent to an activating group) is 2. The monoisotopic (exact) mass is 1250 g/mol. The van der Waals surface area contributed by atoms with Crippen LogP contribution in [0.5, 0.6) is 0 Å². The first kappa shape index (κ1) is 75.9. The molecule has 0 aliphatic carbocycles. The Bertz CT molecular complexity index is 2610. The molecule has 1 heterocycles. The Balaban J connectivity index is 1.71. The third kappa shape index (κ3) is 23.8. The zero-order valence-electron chi connectivity index (χ0n) is 54.6. The number of aliphatic carboxylic acids is 1. The highest BCUT2D eigenvalue weighted by atomic mass is 16.6. The van der Waals surface area contributed by atoms with E-state index < -0.39 is 120 Å². The van der Waals surface area contributed by atoms with Crippen molar-refractivity contribution in [3.05, 3.63) is 65.7 Å². The lowest BCUT2D eigenvalue weighted by atomic mass is 9.89. The van der Waals surface area contributed by atoms with Gasteiger partial charge in [0, 0.05) is 59.9 Å². The average molecular weight is 1250 g/mol. The minimum Gasteiger partial charge on any atom is -0.480 e. The molecule has 1 fully saturated rings. The van der Waals surface area contributed by atoms with Gasteiger partial charge in [0.05, 0.1) is 36.6 Å². The van der Waals surface area contributed by atoms with Gasteiger partial charge < -0.3 is 72.5 Å². The molecule has 0 bridgehead atoms. The highest BCUT2D eigenvalue weighted by Crippen LogP contribution is 2.30. The van der Waals surface area contributed by atoms with Gasteiger partial charge in [-0.25, -0.2) is 14.4 Å². The lowest BCUT2D eigenvalue weighted by molar-refractivity contribution is -0.148. The van der Waals surface area contributed by atoms with Crippen molar-refractivity contribution < 1.29 is 67.3 Å². The number of primary amides is 1. The van der Waals surface area contributed by atoms with E-state index >= 15 is 0 Å². The summed E-state index contributed by atoms with van der Waals surface area (Å²) in [6.07, 6.45) is 2.12. The maximum Gasteiger partial charge on any atom is 0.410 e. The molecular weight excluding hydrogens is 1150 g/mol. The van der Waals surface area contributed by atoms with Crippen LogP contribution in [-0.4, -0.2) is 182 Å². The molecule has 0 unspecified atom stereocenters. The Labute approximate surface area is 525 Å². The van der Waals surface area contributed by atoms with Gasteiger partial charge in [-0.05, 0) is 92.0 Å². The summed E-state index contributed by atoms with van der Waals surface area (Å²) in [5, 5.41) is 26.4. The van der Waals surface area contributed by atoms with Gasteiger partial charge in [0.1, 0.15) is 36.8 Å². The fourth-order valence-corrected chi connectivity index (χ4v) is 11.3. The molecule has 25 nitrogen and oxygen atoms in total. The fraction of sp³-hybridized carbons (Fsp3) is 0.656. The number of urea groups is 1. The number of nitrogens with zero attached hydrogens (tertiary/aromatic N) is 3. The third-order valence-electron chi connectivity index (χ3n) is 16.6. The summed E-state index contributed by atoms with van der Waals surface area (Å²) in [6, 6.07) is 8.18. The van der Waals surface area contributed by atoms with Crippen molar-refractivity contribution >= 4 is 65.1 Å². The first-order valence-corrected chi connectivity index (χ1v) is 31.2. The molecule has 1 aliphatic rings. The number of benzene rings is 2. The van der Waals surface area contributed by atoms with Crippen LogP contribution >= 0.6 is 0 Å². The molecule has 3 rings (SSSR count). The number of methoxy groups -OCH3 is 2. The molecule has 0 spiro atoms. The highest BCUT2D eigenvalue weighted by molar-refractivity contribution is 5.98. The van der Waals surface area contributed by atoms with Crippen molar-refractivity contribution in [1.82, 2.24) is 41.3 Å². The van der Waals surface area contributed by atoms with E-state index in [1.54, 1.807) is 109 Å². The molecule has 10 amide bonds. The van der Waals surface area contributed by atoms with Crippen molar-refractivity contribution in [2.24, 2.45) is 41.1 Å². The predicted octanol–water partition coefficient (Wildman–Crippen LogP) is 4.68. The summed E-state index contributed by atoms with van der Waals surface area (Å²) in [7, 11) is 5.99. The minimum atomic E-state index is -1.19. The predicted molar refractivity (Wildman–Crippen MR) is 337 cm³/mol. The van der Waals surface area contributed by atoms with Crippen molar-refractivity contribution in [2.75, 3.05) is 53.3 Å². The van der Waals surface area contributed by atoms with Crippen LogP contribution < -0.4 is 43.4 Å². The number of carbonyl (C=O) groups excluding carboxylic acids is 9. The summed E-state index contributed by atoms with van der Waals surface area (Å²) in [5.41, 5.74) is 12.4. The standard InChI is InChI=1S/C64H103N11O14/c1-14-41(8)55(49(87-12)36-51(77)75-34-22-26-48(75)56(88-13)42(9)57(78)70-47(62(83)84)35-43-23-17-15-18-24-43)73(10)61(82)53(39(4)5)72-60(81)54(40(6)7)74(11)64(86)89-37-44-28-30-45(31-29-44)68-58(79)46(25-21-33-67-63(66)85)69-59(80)52(38(2)3)71-50(76)27-19-16-20-32-65/h15,17-18,23-24,28-31,38-42,46-49,52-56H,14,16,19-22,25-27,32-37,65H2,1-13H3,(H,68,79)(H,69,80)(H,70,78)(H,71,76)(H,72,81)(H,83,84)(H3,66,67,85)/t41-,42+,46-,47-,48-,49+,52-,53-,54-,55-,56+/m0/s1. The molecule has 2 aromatic rings. The molecule has 0 aromatic heterocycles. The molecule has 25 heteroatoms. The molecular formula is C64H103N11O14. The Morgan fingerprint density at radius 2 is 1.35 bits per heavy atom. The number of carboxylic acid groups (broad SMARTS) is 1. The number of carbonyl (C=O) groups is 10. The number of ether oxygens (including phenoxy) is 3. The third-order valence-corrected chi connectivity index (χ3v) is 16.6. The van der Waals surface area contributed by atoms with Crippen molar-refractivity contribution in [3.8, 4) is 0 Å².